The molecule has 1 unspecified atom stereocenters. The maximum Gasteiger partial charge on any atom is 0.274 e. The first kappa shape index (κ1) is 27.9. The van der Waals surface area contributed by atoms with E-state index in [9.17, 15) is 22.8 Å². The first-order valence-electron chi connectivity index (χ1n) is 12.1. The standard InChI is InChI=1S/C30H26N4O5S/c1-2-26(23-13-12-21-7-3-4-8-22(21)19-23)40(38,39)30(28(31)36,29(32)37)17-16-20-10-14-24(15-11-20)34-27(35)25-9-5-6-18-33-25/h2-19,26H,1H2,(H2,31,36)(H2,32,37)(H,34,35). The van der Waals surface area contributed by atoms with E-state index in [1.807, 2.05) is 18.2 Å². The Labute approximate surface area is 231 Å². The lowest BCUT2D eigenvalue weighted by atomic mass is 10.0. The number of rotatable bonds is 10. The zero-order valence-electron chi connectivity index (χ0n) is 21.2. The number of aromatic nitrogens is 1. The summed E-state index contributed by atoms with van der Waals surface area (Å²) in [5.74, 6) is -3.30. The van der Waals surface area contributed by atoms with Gasteiger partial charge in [-0.2, -0.15) is 0 Å². The maximum absolute atomic E-state index is 14.0. The van der Waals surface area contributed by atoms with E-state index < -0.39 is 37.6 Å². The normalized spacial score (nSPS) is 12.6. The van der Waals surface area contributed by atoms with Crippen molar-refractivity contribution >= 4 is 50.1 Å². The molecule has 3 aromatic carbocycles. The van der Waals surface area contributed by atoms with Crippen LogP contribution in [-0.4, -0.2) is 35.9 Å². The number of amides is 3. The van der Waals surface area contributed by atoms with Crippen molar-refractivity contribution in [3.63, 3.8) is 0 Å². The van der Waals surface area contributed by atoms with Gasteiger partial charge in [0.05, 0.1) is 0 Å². The molecule has 0 aliphatic carbocycles. The number of nitrogens with zero attached hydrogens (tertiary/aromatic N) is 1. The summed E-state index contributed by atoms with van der Waals surface area (Å²) < 4.78 is 25.0. The lowest BCUT2D eigenvalue weighted by molar-refractivity contribution is -0.127. The third-order valence-electron chi connectivity index (χ3n) is 6.41. The molecule has 10 heteroatoms. The molecule has 5 N–H and O–H groups in total. The van der Waals surface area contributed by atoms with Crippen LogP contribution in [-0.2, 0) is 19.4 Å². The summed E-state index contributed by atoms with van der Waals surface area (Å²) in [5.41, 5.74) is 12.5. The molecule has 1 atom stereocenters. The van der Waals surface area contributed by atoms with Crippen LogP contribution in [0.1, 0.15) is 26.9 Å². The van der Waals surface area contributed by atoms with Crippen LogP contribution in [0.4, 0.5) is 5.69 Å². The van der Waals surface area contributed by atoms with Gasteiger partial charge in [0.15, 0.2) is 9.84 Å². The van der Waals surface area contributed by atoms with E-state index in [0.29, 0.717) is 16.8 Å². The van der Waals surface area contributed by atoms with Gasteiger partial charge in [-0.15, -0.1) is 6.58 Å². The molecule has 202 valence electrons. The molecule has 1 aromatic heterocycles. The fourth-order valence-corrected chi connectivity index (χ4v) is 6.25. The molecule has 0 saturated heterocycles. The van der Waals surface area contributed by atoms with Gasteiger partial charge in [0, 0.05) is 11.9 Å². The predicted octanol–water partition coefficient (Wildman–Crippen LogP) is 3.55. The highest BCUT2D eigenvalue weighted by molar-refractivity contribution is 7.95. The summed E-state index contributed by atoms with van der Waals surface area (Å²) in [7, 11) is -4.74. The number of anilines is 1. The minimum atomic E-state index is -4.74. The highest BCUT2D eigenvalue weighted by Gasteiger charge is 2.56. The Kier molecular flexibility index (Phi) is 7.92. The zero-order valence-corrected chi connectivity index (χ0v) is 22.0. The van der Waals surface area contributed by atoms with Gasteiger partial charge in [0.1, 0.15) is 10.9 Å². The van der Waals surface area contributed by atoms with Gasteiger partial charge >= 0.3 is 0 Å². The molecule has 0 radical (unpaired) electrons. The summed E-state index contributed by atoms with van der Waals surface area (Å²) in [6, 6.07) is 23.5. The van der Waals surface area contributed by atoms with E-state index >= 15 is 0 Å². The van der Waals surface area contributed by atoms with E-state index in [0.717, 1.165) is 22.9 Å². The van der Waals surface area contributed by atoms with Gasteiger partial charge in [-0.1, -0.05) is 66.7 Å². The molecule has 4 aromatic rings. The van der Waals surface area contributed by atoms with Gasteiger partial charge in [0.25, 0.3) is 17.7 Å². The molecular formula is C30H26N4O5S. The lowest BCUT2D eigenvalue weighted by Gasteiger charge is -2.28. The number of hydrogen-bond donors (Lipinski definition) is 3. The third kappa shape index (κ3) is 5.25. The van der Waals surface area contributed by atoms with Gasteiger partial charge in [0.2, 0.25) is 4.75 Å². The van der Waals surface area contributed by atoms with E-state index in [1.165, 1.54) is 12.3 Å². The number of carbonyl (C=O) groups excluding carboxylic acids is 3. The van der Waals surface area contributed by atoms with Gasteiger partial charge in [-0.3, -0.25) is 19.4 Å². The number of carbonyl (C=O) groups is 3. The average Bonchev–Trinajstić information content (AvgIpc) is 2.94. The summed E-state index contributed by atoms with van der Waals surface area (Å²) in [6.07, 6.45) is 4.79. The second-order valence-corrected chi connectivity index (χ2v) is 11.1. The smallest absolute Gasteiger partial charge is 0.274 e. The number of nitrogens with one attached hydrogen (secondary N) is 1. The predicted molar refractivity (Wildman–Crippen MR) is 155 cm³/mol. The molecular weight excluding hydrogens is 528 g/mol. The highest BCUT2D eigenvalue weighted by atomic mass is 32.2. The monoisotopic (exact) mass is 554 g/mol. The fraction of sp³-hybridized carbons (Fsp3) is 0.0667. The molecule has 3 amide bonds. The number of nitrogens with two attached hydrogens (primary N) is 2. The Morgan fingerprint density at radius 2 is 1.52 bits per heavy atom. The van der Waals surface area contributed by atoms with Crippen LogP contribution in [0.25, 0.3) is 16.8 Å². The quantitative estimate of drug-likeness (QED) is 0.201. The van der Waals surface area contributed by atoms with E-state index in [1.54, 1.807) is 66.7 Å². The second kappa shape index (κ2) is 11.3. The molecule has 9 nitrogen and oxygen atoms in total. The molecule has 1 heterocycles. The molecule has 40 heavy (non-hydrogen) atoms. The Morgan fingerprint density at radius 1 is 0.875 bits per heavy atom. The first-order valence-corrected chi connectivity index (χ1v) is 13.6. The van der Waals surface area contributed by atoms with Crippen molar-refractivity contribution in [2.45, 2.75) is 10.00 Å². The van der Waals surface area contributed by atoms with Crippen LogP contribution in [0.2, 0.25) is 0 Å². The van der Waals surface area contributed by atoms with Crippen molar-refractivity contribution in [2.24, 2.45) is 11.5 Å². The number of primary amides is 2. The van der Waals surface area contributed by atoms with Crippen molar-refractivity contribution in [1.29, 1.82) is 0 Å². The van der Waals surface area contributed by atoms with Crippen LogP contribution >= 0.6 is 0 Å². The van der Waals surface area contributed by atoms with Crippen LogP contribution in [0.3, 0.4) is 0 Å². The fourth-order valence-electron chi connectivity index (χ4n) is 4.27. The average molecular weight is 555 g/mol. The van der Waals surface area contributed by atoms with E-state index in [-0.39, 0.29) is 5.69 Å². The number of sulfone groups is 1. The summed E-state index contributed by atoms with van der Waals surface area (Å²) in [6.45, 7) is 3.64. The summed E-state index contributed by atoms with van der Waals surface area (Å²) in [4.78, 5) is 41.7. The van der Waals surface area contributed by atoms with Crippen LogP contribution < -0.4 is 16.8 Å². The first-order chi connectivity index (χ1) is 19.1. The summed E-state index contributed by atoms with van der Waals surface area (Å²) in [5, 5.41) is 2.86. The molecule has 0 saturated carbocycles. The number of benzene rings is 3. The molecule has 4 rings (SSSR count). The topological polar surface area (TPSA) is 162 Å². The minimum absolute atomic E-state index is 0.229. The van der Waals surface area contributed by atoms with E-state index in [2.05, 4.69) is 16.9 Å². The van der Waals surface area contributed by atoms with Crippen molar-refractivity contribution in [1.82, 2.24) is 4.98 Å². The lowest BCUT2D eigenvalue weighted by Crippen LogP contribution is -2.59. The van der Waals surface area contributed by atoms with Crippen LogP contribution in [0.5, 0.6) is 0 Å². The number of hydrogen-bond acceptors (Lipinski definition) is 6. The minimum Gasteiger partial charge on any atom is -0.368 e. The largest absolute Gasteiger partial charge is 0.368 e. The Hall–Kier alpha value is -5.09. The van der Waals surface area contributed by atoms with Crippen molar-refractivity contribution in [3.8, 4) is 0 Å². The molecule has 0 fully saturated rings. The summed E-state index contributed by atoms with van der Waals surface area (Å²) >= 11 is 0. The Balaban J connectivity index is 1.67. The Morgan fingerprint density at radius 3 is 2.12 bits per heavy atom. The number of fused-ring (bicyclic) bond motifs is 1. The second-order valence-electron chi connectivity index (χ2n) is 8.90. The maximum atomic E-state index is 14.0. The van der Waals surface area contributed by atoms with Crippen molar-refractivity contribution < 1.29 is 22.8 Å². The van der Waals surface area contributed by atoms with E-state index in [4.69, 9.17) is 11.5 Å². The van der Waals surface area contributed by atoms with Gasteiger partial charge in [-0.05, 0) is 58.3 Å². The van der Waals surface area contributed by atoms with Crippen molar-refractivity contribution in [3.05, 3.63) is 127 Å². The number of pyridine rings is 1. The molecule has 0 spiro atoms. The molecule has 0 aliphatic heterocycles. The van der Waals surface area contributed by atoms with Crippen LogP contribution in [0.15, 0.2) is 110 Å². The Bertz CT molecular complexity index is 1720. The highest BCUT2D eigenvalue weighted by Crippen LogP contribution is 2.36. The molecule has 0 aliphatic rings. The molecule has 0 bridgehead atoms. The van der Waals surface area contributed by atoms with Gasteiger partial charge < -0.3 is 16.8 Å². The van der Waals surface area contributed by atoms with Crippen molar-refractivity contribution in [2.75, 3.05) is 5.32 Å². The third-order valence-corrected chi connectivity index (χ3v) is 8.98. The van der Waals surface area contributed by atoms with Crippen LogP contribution in [0, 0.1) is 0 Å². The van der Waals surface area contributed by atoms with Gasteiger partial charge in [-0.25, -0.2) is 8.42 Å². The SMILES string of the molecule is C=CC(c1ccc2ccccc2c1)S(=O)(=O)C(C=Cc1ccc(NC(=O)c2ccccn2)cc1)(C(N)=O)C(N)=O. The zero-order chi connectivity index (χ0) is 28.9.